The van der Waals surface area contributed by atoms with E-state index in [0.29, 0.717) is 22.5 Å². The molecule has 4 rings (SSSR count). The van der Waals surface area contributed by atoms with Crippen LogP contribution in [0.2, 0.25) is 0 Å². The first kappa shape index (κ1) is 16.7. The lowest BCUT2D eigenvalue weighted by molar-refractivity contribution is 0.0931. The molecule has 0 spiro atoms. The highest BCUT2D eigenvalue weighted by Gasteiger charge is 2.33. The fraction of sp³-hybridized carbons (Fsp3) is 0.300. The number of amides is 1. The third-order valence-corrected chi connectivity index (χ3v) is 4.79. The van der Waals surface area contributed by atoms with Crippen molar-refractivity contribution in [2.24, 2.45) is 5.92 Å². The summed E-state index contributed by atoms with van der Waals surface area (Å²) in [6.07, 6.45) is -0.479. The molecule has 0 bridgehead atoms. The van der Waals surface area contributed by atoms with Crippen LogP contribution in [0.3, 0.4) is 0 Å². The van der Waals surface area contributed by atoms with E-state index >= 15 is 0 Å². The number of aromatic nitrogens is 2. The molecule has 1 heterocycles. The Morgan fingerprint density at radius 3 is 2.58 bits per heavy atom. The molecular formula is C20H19F2N3O. The summed E-state index contributed by atoms with van der Waals surface area (Å²) >= 11 is 0. The van der Waals surface area contributed by atoms with Crippen molar-refractivity contribution in [1.82, 2.24) is 15.3 Å². The fourth-order valence-electron chi connectivity index (χ4n) is 3.18. The summed E-state index contributed by atoms with van der Waals surface area (Å²) < 4.78 is 25.6. The van der Waals surface area contributed by atoms with Gasteiger partial charge < -0.3 is 10.3 Å². The minimum Gasteiger partial charge on any atom is -0.345 e. The van der Waals surface area contributed by atoms with Gasteiger partial charge >= 0.3 is 0 Å². The first-order valence-corrected chi connectivity index (χ1v) is 8.66. The molecule has 1 aliphatic rings. The van der Waals surface area contributed by atoms with Gasteiger partial charge in [0.25, 0.3) is 12.3 Å². The van der Waals surface area contributed by atoms with Crippen LogP contribution in [0.1, 0.15) is 52.6 Å². The third kappa shape index (κ3) is 3.31. The maximum absolute atomic E-state index is 12.8. The molecule has 6 heteroatoms. The van der Waals surface area contributed by atoms with Crippen molar-refractivity contribution < 1.29 is 13.6 Å². The van der Waals surface area contributed by atoms with E-state index < -0.39 is 6.43 Å². The van der Waals surface area contributed by atoms with Crippen LogP contribution in [0, 0.1) is 12.8 Å². The van der Waals surface area contributed by atoms with E-state index in [2.05, 4.69) is 15.3 Å². The number of hydrogen-bond acceptors (Lipinski definition) is 2. The molecule has 1 unspecified atom stereocenters. The number of fused-ring (bicyclic) bond motifs is 1. The Morgan fingerprint density at radius 1 is 1.19 bits per heavy atom. The van der Waals surface area contributed by atoms with Crippen molar-refractivity contribution in [3.05, 3.63) is 65.0 Å². The predicted octanol–water partition coefficient (Wildman–Crippen LogP) is 4.69. The Hall–Kier alpha value is -2.76. The minimum atomic E-state index is -2.67. The molecule has 0 radical (unpaired) electrons. The number of rotatable bonds is 5. The molecule has 0 saturated heterocycles. The Kier molecular flexibility index (Phi) is 4.18. The van der Waals surface area contributed by atoms with Crippen molar-refractivity contribution >= 4 is 16.9 Å². The van der Waals surface area contributed by atoms with E-state index in [1.54, 1.807) is 18.2 Å². The molecule has 0 aliphatic heterocycles. The number of aryl methyl sites for hydroxylation is 1. The van der Waals surface area contributed by atoms with Gasteiger partial charge in [0.05, 0.1) is 17.1 Å². The smallest absolute Gasteiger partial charge is 0.295 e. The van der Waals surface area contributed by atoms with Crippen molar-refractivity contribution in [3.63, 3.8) is 0 Å². The highest BCUT2D eigenvalue weighted by Crippen LogP contribution is 2.41. The van der Waals surface area contributed by atoms with E-state index in [-0.39, 0.29) is 17.8 Å². The van der Waals surface area contributed by atoms with Gasteiger partial charge in [0.15, 0.2) is 5.82 Å². The van der Waals surface area contributed by atoms with Gasteiger partial charge in [-0.1, -0.05) is 29.8 Å². The highest BCUT2D eigenvalue weighted by atomic mass is 19.3. The van der Waals surface area contributed by atoms with Crippen molar-refractivity contribution in [3.8, 4) is 0 Å². The Labute approximate surface area is 149 Å². The van der Waals surface area contributed by atoms with Crippen LogP contribution in [-0.2, 0) is 0 Å². The molecule has 1 fully saturated rings. The number of nitrogens with zero attached hydrogens (tertiary/aromatic N) is 1. The zero-order chi connectivity index (χ0) is 18.3. The molecule has 2 aromatic carbocycles. The van der Waals surface area contributed by atoms with E-state index in [0.717, 1.165) is 18.4 Å². The SMILES string of the molecule is Cc1ccc(C(NC(=O)c2ccc3nc(C(F)F)[nH]c3c2)C2CC2)cc1. The van der Waals surface area contributed by atoms with Gasteiger partial charge in [0.1, 0.15) is 0 Å². The van der Waals surface area contributed by atoms with E-state index in [4.69, 9.17) is 0 Å². The third-order valence-electron chi connectivity index (χ3n) is 4.79. The summed E-state index contributed by atoms with van der Waals surface area (Å²) in [6.45, 7) is 2.03. The van der Waals surface area contributed by atoms with Crippen LogP contribution in [0.5, 0.6) is 0 Å². The van der Waals surface area contributed by atoms with Gasteiger partial charge in [-0.3, -0.25) is 4.79 Å². The van der Waals surface area contributed by atoms with Gasteiger partial charge in [-0.15, -0.1) is 0 Å². The molecule has 26 heavy (non-hydrogen) atoms. The summed E-state index contributed by atoms with van der Waals surface area (Å²) in [5.74, 6) is -0.145. The number of benzene rings is 2. The van der Waals surface area contributed by atoms with Crippen molar-refractivity contribution in [1.29, 1.82) is 0 Å². The largest absolute Gasteiger partial charge is 0.345 e. The van der Waals surface area contributed by atoms with Gasteiger partial charge in [-0.05, 0) is 49.4 Å². The lowest BCUT2D eigenvalue weighted by atomic mass is 10.0. The molecule has 2 N–H and O–H groups in total. The number of H-pyrrole nitrogens is 1. The lowest BCUT2D eigenvalue weighted by Crippen LogP contribution is -2.29. The van der Waals surface area contributed by atoms with Gasteiger partial charge in [-0.2, -0.15) is 0 Å². The second-order valence-electron chi connectivity index (χ2n) is 6.85. The summed E-state index contributed by atoms with van der Waals surface area (Å²) in [5.41, 5.74) is 3.56. The monoisotopic (exact) mass is 355 g/mol. The molecule has 1 amide bonds. The molecule has 1 atom stereocenters. The standard InChI is InChI=1S/C20H19F2N3O/c1-11-2-4-12(5-3-11)17(13-6-7-13)25-20(26)14-8-9-15-16(10-14)24-19(23-15)18(21)22/h2-5,8-10,13,17-18H,6-7H2,1H3,(H,23,24)(H,25,26). The minimum absolute atomic E-state index is 0.0304. The summed E-state index contributed by atoms with van der Waals surface area (Å²) in [5, 5.41) is 3.10. The first-order chi connectivity index (χ1) is 12.5. The molecule has 1 aromatic heterocycles. The normalized spacial score (nSPS) is 15.4. The van der Waals surface area contributed by atoms with E-state index in [9.17, 15) is 13.6 Å². The zero-order valence-corrected chi connectivity index (χ0v) is 14.3. The second-order valence-corrected chi connectivity index (χ2v) is 6.85. The highest BCUT2D eigenvalue weighted by molar-refractivity contribution is 5.97. The molecule has 134 valence electrons. The lowest BCUT2D eigenvalue weighted by Gasteiger charge is -2.19. The Balaban J connectivity index is 1.58. The van der Waals surface area contributed by atoms with Gasteiger partial charge in [-0.25, -0.2) is 13.8 Å². The van der Waals surface area contributed by atoms with Crippen molar-refractivity contribution in [2.45, 2.75) is 32.2 Å². The number of alkyl halides is 2. The first-order valence-electron chi connectivity index (χ1n) is 8.66. The average Bonchev–Trinajstić information content (AvgIpc) is 3.37. The van der Waals surface area contributed by atoms with Crippen LogP contribution < -0.4 is 5.32 Å². The van der Waals surface area contributed by atoms with E-state index in [1.807, 2.05) is 31.2 Å². The topological polar surface area (TPSA) is 57.8 Å². The van der Waals surface area contributed by atoms with E-state index in [1.165, 1.54) is 5.56 Å². The molecule has 1 aliphatic carbocycles. The van der Waals surface area contributed by atoms with Crippen molar-refractivity contribution in [2.75, 3.05) is 0 Å². The number of halogens is 2. The van der Waals surface area contributed by atoms with Crippen LogP contribution in [0.25, 0.3) is 11.0 Å². The van der Waals surface area contributed by atoms with Crippen LogP contribution in [-0.4, -0.2) is 15.9 Å². The fourth-order valence-corrected chi connectivity index (χ4v) is 3.18. The Morgan fingerprint density at radius 2 is 1.92 bits per heavy atom. The number of imidazole rings is 1. The number of carbonyl (C=O) groups is 1. The summed E-state index contributed by atoms with van der Waals surface area (Å²) in [4.78, 5) is 19.1. The average molecular weight is 355 g/mol. The number of nitrogens with one attached hydrogen (secondary N) is 2. The maximum Gasteiger partial charge on any atom is 0.295 e. The summed E-state index contributed by atoms with van der Waals surface area (Å²) in [6, 6.07) is 12.9. The molecule has 3 aromatic rings. The summed E-state index contributed by atoms with van der Waals surface area (Å²) in [7, 11) is 0. The molecule has 1 saturated carbocycles. The second kappa shape index (κ2) is 6.52. The number of hydrogen-bond donors (Lipinski definition) is 2. The number of aromatic amines is 1. The van der Waals surface area contributed by atoms with Gasteiger partial charge in [0.2, 0.25) is 0 Å². The quantitative estimate of drug-likeness (QED) is 0.697. The predicted molar refractivity (Wildman–Crippen MR) is 95.2 cm³/mol. The zero-order valence-electron chi connectivity index (χ0n) is 14.3. The number of carbonyl (C=O) groups excluding carboxylic acids is 1. The van der Waals surface area contributed by atoms with Crippen LogP contribution in [0.15, 0.2) is 42.5 Å². The van der Waals surface area contributed by atoms with Gasteiger partial charge in [0, 0.05) is 5.56 Å². The molecule has 4 nitrogen and oxygen atoms in total. The maximum atomic E-state index is 12.8. The molecular weight excluding hydrogens is 336 g/mol. The Bertz CT molecular complexity index is 945. The van der Waals surface area contributed by atoms with Crippen LogP contribution in [0.4, 0.5) is 8.78 Å². The van der Waals surface area contributed by atoms with Crippen LogP contribution >= 0.6 is 0 Å².